The lowest BCUT2D eigenvalue weighted by atomic mass is 9.96. The molecule has 0 unspecified atom stereocenters. The number of thiazole rings is 1. The zero-order chi connectivity index (χ0) is 17.8. The second kappa shape index (κ2) is 8.18. The predicted octanol–water partition coefficient (Wildman–Crippen LogP) is 5.42. The highest BCUT2D eigenvalue weighted by Crippen LogP contribution is 2.24. The summed E-state index contributed by atoms with van der Waals surface area (Å²) >= 11 is 5.17. The van der Waals surface area contributed by atoms with E-state index in [2.05, 4.69) is 50.6 Å². The van der Waals surface area contributed by atoms with Crippen molar-refractivity contribution in [3.05, 3.63) is 62.9 Å². The zero-order valence-electron chi connectivity index (χ0n) is 14.4. The maximum absolute atomic E-state index is 5.03. The molecule has 6 heteroatoms. The van der Waals surface area contributed by atoms with Gasteiger partial charge < -0.3 is 4.98 Å². The normalized spacial score (nSPS) is 16.6. The van der Waals surface area contributed by atoms with Crippen LogP contribution in [-0.4, -0.2) is 21.9 Å². The van der Waals surface area contributed by atoms with Crippen LogP contribution in [0.5, 0.6) is 0 Å². The van der Waals surface area contributed by atoms with Gasteiger partial charge >= 0.3 is 0 Å². The van der Waals surface area contributed by atoms with Gasteiger partial charge in [-0.15, -0.1) is 11.3 Å². The molecule has 0 aliphatic heterocycles. The van der Waals surface area contributed by atoms with Crippen molar-refractivity contribution in [3.8, 4) is 11.3 Å². The Labute approximate surface area is 165 Å². The molecule has 26 heavy (non-hydrogen) atoms. The molecule has 0 amide bonds. The van der Waals surface area contributed by atoms with Gasteiger partial charge in [0.15, 0.2) is 0 Å². The summed E-state index contributed by atoms with van der Waals surface area (Å²) in [5.41, 5.74) is 3.19. The molecule has 0 saturated heterocycles. The molecule has 1 aromatic carbocycles. The molecule has 0 atom stereocenters. The number of hydrogen-bond donors (Lipinski definition) is 1. The molecule has 0 bridgehead atoms. The van der Waals surface area contributed by atoms with Crippen molar-refractivity contribution >= 4 is 33.5 Å². The van der Waals surface area contributed by atoms with Crippen molar-refractivity contribution in [2.45, 2.75) is 38.1 Å². The average Bonchev–Trinajstić information content (AvgIpc) is 3.32. The van der Waals surface area contributed by atoms with Crippen molar-refractivity contribution in [1.29, 1.82) is 0 Å². The Bertz CT molecular complexity index is 929. The molecule has 2 aromatic heterocycles. The molecule has 4 nitrogen and oxygen atoms in total. The summed E-state index contributed by atoms with van der Waals surface area (Å²) in [5.74, 6) is 0. The van der Waals surface area contributed by atoms with Gasteiger partial charge in [0.1, 0.15) is 0 Å². The van der Waals surface area contributed by atoms with Crippen LogP contribution in [0.25, 0.3) is 11.3 Å². The summed E-state index contributed by atoms with van der Waals surface area (Å²) in [5, 5.41) is 6.89. The van der Waals surface area contributed by atoms with E-state index >= 15 is 0 Å². The van der Waals surface area contributed by atoms with Gasteiger partial charge in [0.05, 0.1) is 23.6 Å². The number of halogens is 1. The molecular formula is C20H21BrN4S. The first kappa shape index (κ1) is 17.5. The fourth-order valence-corrected chi connectivity index (χ4v) is 4.40. The van der Waals surface area contributed by atoms with E-state index in [0.29, 0.717) is 6.04 Å². The van der Waals surface area contributed by atoms with E-state index in [-0.39, 0.29) is 0 Å². The smallest absolute Gasteiger partial charge is 0.206 e. The van der Waals surface area contributed by atoms with Gasteiger partial charge in [0, 0.05) is 21.6 Å². The summed E-state index contributed by atoms with van der Waals surface area (Å²) in [6.45, 7) is 0. The quantitative estimate of drug-likeness (QED) is 0.539. The zero-order valence-corrected chi connectivity index (χ0v) is 16.8. The highest BCUT2D eigenvalue weighted by atomic mass is 79.9. The number of rotatable bonds is 4. The third kappa shape index (κ3) is 4.07. The van der Waals surface area contributed by atoms with Gasteiger partial charge in [0.25, 0.3) is 0 Å². The standard InChI is InChI=1S/C20H21BrN4S/c21-16-10-8-15(9-11-16)19-14-26-20(24-17-5-2-1-3-6-17)25(19)23-13-18-7-4-12-22-18/h4,7-14,17,22H,1-3,5-6H2. The molecule has 3 aromatic rings. The second-order valence-electron chi connectivity index (χ2n) is 6.51. The Hall–Kier alpha value is -1.92. The number of aromatic amines is 1. The molecular weight excluding hydrogens is 408 g/mol. The number of H-pyrrole nitrogens is 1. The van der Waals surface area contributed by atoms with Crippen LogP contribution in [0.2, 0.25) is 0 Å². The fraction of sp³-hybridized carbons (Fsp3) is 0.300. The van der Waals surface area contributed by atoms with Gasteiger partial charge in [-0.2, -0.15) is 5.10 Å². The first-order valence-electron chi connectivity index (χ1n) is 8.98. The lowest BCUT2D eigenvalue weighted by molar-refractivity contribution is 0.435. The number of nitrogens with one attached hydrogen (secondary N) is 1. The third-order valence-corrected chi connectivity index (χ3v) is 5.99. The Morgan fingerprint density at radius 1 is 1.12 bits per heavy atom. The highest BCUT2D eigenvalue weighted by molar-refractivity contribution is 9.10. The minimum Gasteiger partial charge on any atom is -0.360 e. The minimum atomic E-state index is 0.423. The summed E-state index contributed by atoms with van der Waals surface area (Å²) in [6, 6.07) is 12.7. The molecule has 1 aliphatic carbocycles. The maximum atomic E-state index is 5.03. The fourth-order valence-electron chi connectivity index (χ4n) is 3.23. The second-order valence-corrected chi connectivity index (χ2v) is 8.27. The van der Waals surface area contributed by atoms with E-state index in [0.717, 1.165) is 26.2 Å². The summed E-state index contributed by atoms with van der Waals surface area (Å²) in [6.07, 6.45) is 10.0. The molecule has 0 radical (unpaired) electrons. The van der Waals surface area contributed by atoms with E-state index < -0.39 is 0 Å². The topological polar surface area (TPSA) is 45.4 Å². The van der Waals surface area contributed by atoms with Crippen molar-refractivity contribution in [3.63, 3.8) is 0 Å². The summed E-state index contributed by atoms with van der Waals surface area (Å²) < 4.78 is 3.05. The van der Waals surface area contributed by atoms with Crippen LogP contribution in [0.3, 0.4) is 0 Å². The lowest BCUT2D eigenvalue weighted by Gasteiger charge is -2.16. The van der Waals surface area contributed by atoms with Gasteiger partial charge in [-0.1, -0.05) is 47.3 Å². The Morgan fingerprint density at radius 3 is 2.65 bits per heavy atom. The van der Waals surface area contributed by atoms with Gasteiger partial charge in [-0.3, -0.25) is 4.99 Å². The van der Waals surface area contributed by atoms with Crippen LogP contribution in [0, 0.1) is 0 Å². The first-order chi connectivity index (χ1) is 12.8. The Kier molecular flexibility index (Phi) is 5.51. The average molecular weight is 429 g/mol. The van der Waals surface area contributed by atoms with E-state index in [1.54, 1.807) is 11.3 Å². The first-order valence-corrected chi connectivity index (χ1v) is 10.6. The predicted molar refractivity (Wildman–Crippen MR) is 112 cm³/mol. The molecule has 1 aliphatic rings. The molecule has 2 heterocycles. The molecule has 1 saturated carbocycles. The lowest BCUT2D eigenvalue weighted by Crippen LogP contribution is -2.19. The Balaban J connectivity index is 1.76. The molecule has 4 rings (SSSR count). The monoisotopic (exact) mass is 428 g/mol. The van der Waals surface area contributed by atoms with Crippen molar-refractivity contribution in [2.75, 3.05) is 0 Å². The van der Waals surface area contributed by atoms with Gasteiger partial charge in [-0.05, 0) is 37.1 Å². The minimum absolute atomic E-state index is 0.423. The number of aromatic nitrogens is 2. The molecule has 0 spiro atoms. The maximum Gasteiger partial charge on any atom is 0.206 e. The largest absolute Gasteiger partial charge is 0.360 e. The van der Waals surface area contributed by atoms with Gasteiger partial charge in [0.2, 0.25) is 4.80 Å². The highest BCUT2D eigenvalue weighted by Gasteiger charge is 2.14. The number of hydrogen-bond acceptors (Lipinski definition) is 3. The summed E-state index contributed by atoms with van der Waals surface area (Å²) in [7, 11) is 0. The van der Waals surface area contributed by atoms with Crippen molar-refractivity contribution in [2.24, 2.45) is 10.1 Å². The Morgan fingerprint density at radius 2 is 1.92 bits per heavy atom. The van der Waals surface area contributed by atoms with E-state index in [1.165, 1.54) is 32.1 Å². The molecule has 1 N–H and O–H groups in total. The SMILES string of the molecule is Brc1ccc(-c2csc(=NC3CCCCC3)n2N=Cc2ccc[nH]2)cc1. The van der Waals surface area contributed by atoms with E-state index in [1.807, 2.05) is 29.2 Å². The van der Waals surface area contributed by atoms with Crippen LogP contribution < -0.4 is 4.80 Å². The number of nitrogens with zero attached hydrogens (tertiary/aromatic N) is 3. The number of benzene rings is 1. The van der Waals surface area contributed by atoms with Crippen molar-refractivity contribution < 1.29 is 0 Å². The van der Waals surface area contributed by atoms with Crippen LogP contribution >= 0.6 is 27.3 Å². The third-order valence-electron chi connectivity index (χ3n) is 4.63. The van der Waals surface area contributed by atoms with Crippen LogP contribution in [0.15, 0.2) is 62.5 Å². The van der Waals surface area contributed by atoms with Crippen LogP contribution in [-0.2, 0) is 0 Å². The van der Waals surface area contributed by atoms with Gasteiger partial charge in [-0.25, -0.2) is 4.68 Å². The molecule has 134 valence electrons. The van der Waals surface area contributed by atoms with Crippen molar-refractivity contribution in [1.82, 2.24) is 9.66 Å². The van der Waals surface area contributed by atoms with Crippen LogP contribution in [0.1, 0.15) is 37.8 Å². The van der Waals surface area contributed by atoms with Crippen LogP contribution in [0.4, 0.5) is 0 Å². The summed E-state index contributed by atoms with van der Waals surface area (Å²) in [4.78, 5) is 9.17. The van der Waals surface area contributed by atoms with E-state index in [9.17, 15) is 0 Å². The van der Waals surface area contributed by atoms with E-state index in [4.69, 9.17) is 10.1 Å². The molecule has 1 fully saturated rings.